The Morgan fingerprint density at radius 3 is 2.71 bits per heavy atom. The largest absolute Gasteiger partial charge is 0.350 e. The molecule has 5 heteroatoms. The first-order valence-electron chi connectivity index (χ1n) is 8.09. The lowest BCUT2D eigenvalue weighted by Gasteiger charge is -2.33. The third-order valence-electron chi connectivity index (χ3n) is 4.54. The molecule has 0 spiro atoms. The average molecular weight is 363 g/mol. The summed E-state index contributed by atoms with van der Waals surface area (Å²) in [6, 6.07) is 13.9. The van der Waals surface area contributed by atoms with Crippen LogP contribution in [0.4, 0.5) is 0 Å². The van der Waals surface area contributed by atoms with Crippen LogP contribution in [0.15, 0.2) is 42.5 Å². The molecule has 0 saturated heterocycles. The Morgan fingerprint density at radius 2 is 1.92 bits per heavy atom. The van der Waals surface area contributed by atoms with Gasteiger partial charge in [0.2, 0.25) is 0 Å². The molecule has 0 aromatic heterocycles. The van der Waals surface area contributed by atoms with Crippen LogP contribution >= 0.6 is 23.2 Å². The average Bonchev–Trinajstić information content (AvgIpc) is 2.61. The second-order valence-electron chi connectivity index (χ2n) is 6.15. The summed E-state index contributed by atoms with van der Waals surface area (Å²) < 4.78 is 0. The molecule has 0 fully saturated rings. The molecule has 126 valence electrons. The first-order chi connectivity index (χ1) is 11.6. The Hall–Kier alpha value is -1.55. The van der Waals surface area contributed by atoms with E-state index in [1.165, 1.54) is 11.1 Å². The SMILES string of the molecule is CC(CNC(=O)c1cccc(Cl)c1Cl)N1CCc2ccccc2C1. The lowest BCUT2D eigenvalue weighted by molar-refractivity contribution is 0.0932. The van der Waals surface area contributed by atoms with Gasteiger partial charge in [-0.25, -0.2) is 0 Å². The van der Waals surface area contributed by atoms with E-state index in [1.807, 2.05) is 0 Å². The molecule has 1 amide bonds. The van der Waals surface area contributed by atoms with Crippen LogP contribution < -0.4 is 5.32 Å². The number of hydrogen-bond donors (Lipinski definition) is 1. The number of rotatable bonds is 4. The second-order valence-corrected chi connectivity index (χ2v) is 6.93. The number of nitrogens with one attached hydrogen (secondary N) is 1. The number of carbonyl (C=O) groups is 1. The zero-order valence-corrected chi connectivity index (χ0v) is 15.1. The fourth-order valence-corrected chi connectivity index (χ4v) is 3.42. The van der Waals surface area contributed by atoms with Crippen molar-refractivity contribution < 1.29 is 4.79 Å². The van der Waals surface area contributed by atoms with E-state index >= 15 is 0 Å². The highest BCUT2D eigenvalue weighted by molar-refractivity contribution is 6.43. The first-order valence-corrected chi connectivity index (χ1v) is 8.85. The van der Waals surface area contributed by atoms with Crippen molar-refractivity contribution >= 4 is 29.1 Å². The zero-order chi connectivity index (χ0) is 17.1. The molecule has 24 heavy (non-hydrogen) atoms. The highest BCUT2D eigenvalue weighted by Gasteiger charge is 2.21. The van der Waals surface area contributed by atoms with Gasteiger partial charge in [-0.2, -0.15) is 0 Å². The maximum Gasteiger partial charge on any atom is 0.252 e. The monoisotopic (exact) mass is 362 g/mol. The summed E-state index contributed by atoms with van der Waals surface area (Å²) in [6.07, 6.45) is 1.05. The van der Waals surface area contributed by atoms with Crippen LogP contribution in [0.3, 0.4) is 0 Å². The quantitative estimate of drug-likeness (QED) is 0.884. The van der Waals surface area contributed by atoms with E-state index in [9.17, 15) is 4.79 Å². The van der Waals surface area contributed by atoms with Gasteiger partial charge < -0.3 is 5.32 Å². The lowest BCUT2D eigenvalue weighted by atomic mass is 9.99. The van der Waals surface area contributed by atoms with Crippen molar-refractivity contribution in [3.05, 3.63) is 69.2 Å². The number of halogens is 2. The highest BCUT2D eigenvalue weighted by Crippen LogP contribution is 2.25. The predicted octanol–water partition coefficient (Wildman–Crippen LogP) is 4.17. The van der Waals surface area contributed by atoms with E-state index in [0.717, 1.165) is 19.5 Å². The van der Waals surface area contributed by atoms with Crippen molar-refractivity contribution in [2.24, 2.45) is 0 Å². The van der Waals surface area contributed by atoms with E-state index < -0.39 is 0 Å². The molecular formula is C19H20Cl2N2O. The fraction of sp³-hybridized carbons (Fsp3) is 0.316. The van der Waals surface area contributed by atoms with Crippen molar-refractivity contribution in [2.75, 3.05) is 13.1 Å². The van der Waals surface area contributed by atoms with Crippen LogP contribution in [0, 0.1) is 0 Å². The summed E-state index contributed by atoms with van der Waals surface area (Å²) in [5, 5.41) is 3.66. The van der Waals surface area contributed by atoms with Gasteiger partial charge in [-0.05, 0) is 36.6 Å². The Morgan fingerprint density at radius 1 is 1.17 bits per heavy atom. The molecule has 1 N–H and O–H groups in total. The molecule has 1 atom stereocenters. The Balaban J connectivity index is 1.59. The lowest BCUT2D eigenvalue weighted by Crippen LogP contribution is -2.44. The van der Waals surface area contributed by atoms with E-state index in [0.29, 0.717) is 22.2 Å². The zero-order valence-electron chi connectivity index (χ0n) is 13.6. The maximum absolute atomic E-state index is 12.3. The smallest absolute Gasteiger partial charge is 0.252 e. The van der Waals surface area contributed by atoms with Crippen molar-refractivity contribution in [3.63, 3.8) is 0 Å². The van der Waals surface area contributed by atoms with Gasteiger partial charge in [0.15, 0.2) is 0 Å². The number of hydrogen-bond acceptors (Lipinski definition) is 2. The number of carbonyl (C=O) groups excluding carboxylic acids is 1. The molecule has 1 aliphatic rings. The van der Waals surface area contributed by atoms with Crippen LogP contribution in [0.2, 0.25) is 10.0 Å². The number of benzene rings is 2. The standard InChI is InChI=1S/C19H20Cl2N2O/c1-13(23-10-9-14-5-2-3-6-15(14)12-23)11-22-19(24)16-7-4-8-17(20)18(16)21/h2-8,13H,9-12H2,1H3,(H,22,24). The summed E-state index contributed by atoms with van der Waals surface area (Å²) in [7, 11) is 0. The van der Waals surface area contributed by atoms with Crippen LogP contribution in [-0.2, 0) is 13.0 Å². The summed E-state index contributed by atoms with van der Waals surface area (Å²) >= 11 is 12.1. The minimum absolute atomic E-state index is 0.188. The maximum atomic E-state index is 12.3. The predicted molar refractivity (Wildman–Crippen MR) is 98.8 cm³/mol. The van der Waals surface area contributed by atoms with Gasteiger partial charge in [-0.3, -0.25) is 9.69 Å². The van der Waals surface area contributed by atoms with E-state index in [1.54, 1.807) is 18.2 Å². The molecular weight excluding hydrogens is 343 g/mol. The van der Waals surface area contributed by atoms with Gasteiger partial charge in [0, 0.05) is 25.7 Å². The minimum atomic E-state index is -0.188. The Kier molecular flexibility index (Phi) is 5.44. The third kappa shape index (κ3) is 3.75. The molecule has 1 unspecified atom stereocenters. The molecule has 0 bridgehead atoms. The topological polar surface area (TPSA) is 32.3 Å². The fourth-order valence-electron chi connectivity index (χ4n) is 3.04. The molecule has 2 aromatic carbocycles. The van der Waals surface area contributed by atoms with Crippen molar-refractivity contribution in [3.8, 4) is 0 Å². The molecule has 2 aromatic rings. The Labute approximate surface area is 152 Å². The Bertz CT molecular complexity index is 748. The van der Waals surface area contributed by atoms with E-state index in [2.05, 4.69) is 41.4 Å². The van der Waals surface area contributed by atoms with Gasteiger partial charge in [-0.15, -0.1) is 0 Å². The van der Waals surface area contributed by atoms with Gasteiger partial charge in [0.1, 0.15) is 0 Å². The van der Waals surface area contributed by atoms with Crippen LogP contribution in [0.1, 0.15) is 28.4 Å². The van der Waals surface area contributed by atoms with Gasteiger partial charge in [-0.1, -0.05) is 53.5 Å². The van der Waals surface area contributed by atoms with Crippen molar-refractivity contribution in [1.82, 2.24) is 10.2 Å². The normalized spacial score (nSPS) is 15.6. The summed E-state index contributed by atoms with van der Waals surface area (Å²) in [6.45, 7) is 4.63. The van der Waals surface area contributed by atoms with Crippen molar-refractivity contribution in [1.29, 1.82) is 0 Å². The van der Waals surface area contributed by atoms with Gasteiger partial charge >= 0.3 is 0 Å². The molecule has 1 heterocycles. The second kappa shape index (κ2) is 7.56. The summed E-state index contributed by atoms with van der Waals surface area (Å²) in [5.74, 6) is -0.188. The number of nitrogens with zero attached hydrogens (tertiary/aromatic N) is 1. The van der Waals surface area contributed by atoms with Crippen LogP contribution in [-0.4, -0.2) is 29.9 Å². The molecule has 3 nitrogen and oxygen atoms in total. The molecule has 0 aliphatic carbocycles. The van der Waals surface area contributed by atoms with Crippen molar-refractivity contribution in [2.45, 2.75) is 25.9 Å². The number of amides is 1. The van der Waals surface area contributed by atoms with E-state index in [-0.39, 0.29) is 11.9 Å². The van der Waals surface area contributed by atoms with E-state index in [4.69, 9.17) is 23.2 Å². The highest BCUT2D eigenvalue weighted by atomic mass is 35.5. The minimum Gasteiger partial charge on any atom is -0.350 e. The number of fused-ring (bicyclic) bond motifs is 1. The van der Waals surface area contributed by atoms with Crippen LogP contribution in [0.5, 0.6) is 0 Å². The summed E-state index contributed by atoms with van der Waals surface area (Å²) in [5.41, 5.74) is 3.22. The molecule has 1 aliphatic heterocycles. The first kappa shape index (κ1) is 17.3. The molecule has 3 rings (SSSR count). The van der Waals surface area contributed by atoms with Gasteiger partial charge in [0.05, 0.1) is 15.6 Å². The van der Waals surface area contributed by atoms with Crippen LogP contribution in [0.25, 0.3) is 0 Å². The molecule has 0 radical (unpaired) electrons. The molecule has 0 saturated carbocycles. The van der Waals surface area contributed by atoms with Gasteiger partial charge in [0.25, 0.3) is 5.91 Å². The summed E-state index contributed by atoms with van der Waals surface area (Å²) in [4.78, 5) is 14.7. The third-order valence-corrected chi connectivity index (χ3v) is 5.36.